The Hall–Kier alpha value is -0.480. The Bertz CT molecular complexity index is 345. The lowest BCUT2D eigenvalue weighted by atomic mass is 9.89. The van der Waals surface area contributed by atoms with Gasteiger partial charge in [0.1, 0.15) is 18.3 Å². The van der Waals surface area contributed by atoms with Crippen LogP contribution in [0.25, 0.3) is 0 Å². The molecule has 0 radical (unpaired) electrons. The van der Waals surface area contributed by atoms with Gasteiger partial charge in [-0.3, -0.25) is 4.79 Å². The first-order valence-electron chi connectivity index (χ1n) is 6.12. The quantitative estimate of drug-likeness (QED) is 0.303. The lowest BCUT2D eigenvalue weighted by molar-refractivity contribution is -0.290. The van der Waals surface area contributed by atoms with Gasteiger partial charge in [-0.2, -0.15) is 0 Å². The highest BCUT2D eigenvalue weighted by Gasteiger charge is 2.49. The summed E-state index contributed by atoms with van der Waals surface area (Å²) >= 11 is 5.56. The second-order valence-electron chi connectivity index (χ2n) is 4.90. The van der Waals surface area contributed by atoms with E-state index in [0.29, 0.717) is 0 Å². The molecule has 0 unspecified atom stereocenters. The van der Waals surface area contributed by atoms with Crippen molar-refractivity contribution < 1.29 is 35.1 Å². The van der Waals surface area contributed by atoms with Crippen LogP contribution in [0.3, 0.4) is 0 Å². The van der Waals surface area contributed by atoms with Crippen molar-refractivity contribution in [3.8, 4) is 0 Å². The molecule has 1 saturated heterocycles. The molecule has 8 nitrogen and oxygen atoms in total. The second-order valence-corrected chi connectivity index (χ2v) is 5.17. The van der Waals surface area contributed by atoms with Crippen LogP contribution in [0.4, 0.5) is 0 Å². The SMILES string of the molecule is CC(=O)N[C@H]1[C@H]([C@H](O)[C@H](O)CO)O[C@](O)(CCl)C[C@@H]1O. The fraction of sp³-hybridized carbons (Fsp3) is 0.909. The number of rotatable bonds is 5. The lowest BCUT2D eigenvalue weighted by Crippen LogP contribution is -2.66. The topological polar surface area (TPSA) is 139 Å². The standard InChI is InChI=1S/C11H20ClNO7/c1-5(15)13-8-6(16)2-11(19,4-12)20-10(8)9(18)7(17)3-14/h6-10,14,16-19H,2-4H2,1H3,(H,13,15)/t6-,7+,8+,9+,10+,11-/m0/s1. The molecule has 9 heteroatoms. The first-order valence-corrected chi connectivity index (χ1v) is 6.66. The molecule has 1 aliphatic heterocycles. The maximum atomic E-state index is 11.1. The van der Waals surface area contributed by atoms with Gasteiger partial charge in [0.2, 0.25) is 5.91 Å². The number of carbonyl (C=O) groups excluding carboxylic acids is 1. The van der Waals surface area contributed by atoms with E-state index >= 15 is 0 Å². The van der Waals surface area contributed by atoms with E-state index < -0.39 is 48.8 Å². The first-order chi connectivity index (χ1) is 9.24. The summed E-state index contributed by atoms with van der Waals surface area (Å²) in [6, 6.07) is -1.05. The molecular weight excluding hydrogens is 294 g/mol. The normalized spacial score (nSPS) is 37.2. The van der Waals surface area contributed by atoms with Gasteiger partial charge in [-0.25, -0.2) is 0 Å². The third-order valence-electron chi connectivity index (χ3n) is 3.15. The summed E-state index contributed by atoms with van der Waals surface area (Å²) in [6.07, 6.45) is -6.00. The Balaban J connectivity index is 2.98. The Kier molecular flexibility index (Phi) is 6.14. The molecule has 1 rings (SSSR count). The van der Waals surface area contributed by atoms with Gasteiger partial charge in [0.05, 0.1) is 24.6 Å². The molecule has 20 heavy (non-hydrogen) atoms. The molecule has 0 aliphatic carbocycles. The summed E-state index contributed by atoms with van der Waals surface area (Å²) in [6.45, 7) is 0.463. The number of aliphatic hydroxyl groups excluding tert-OH is 4. The zero-order valence-corrected chi connectivity index (χ0v) is 11.7. The largest absolute Gasteiger partial charge is 0.394 e. The van der Waals surface area contributed by atoms with Crippen molar-refractivity contribution in [1.82, 2.24) is 5.32 Å². The third-order valence-corrected chi connectivity index (χ3v) is 3.57. The summed E-state index contributed by atoms with van der Waals surface area (Å²) in [5, 5.41) is 50.6. The first kappa shape index (κ1) is 17.6. The Morgan fingerprint density at radius 1 is 1.55 bits per heavy atom. The van der Waals surface area contributed by atoms with Gasteiger partial charge >= 0.3 is 0 Å². The number of alkyl halides is 1. The summed E-state index contributed by atoms with van der Waals surface area (Å²) in [4.78, 5) is 11.1. The summed E-state index contributed by atoms with van der Waals surface area (Å²) in [7, 11) is 0. The van der Waals surface area contributed by atoms with Gasteiger partial charge in [0.15, 0.2) is 5.79 Å². The zero-order chi connectivity index (χ0) is 15.5. The molecule has 118 valence electrons. The molecule has 1 amide bonds. The van der Waals surface area contributed by atoms with Crippen molar-refractivity contribution in [3.63, 3.8) is 0 Å². The van der Waals surface area contributed by atoms with Gasteiger partial charge in [-0.1, -0.05) is 0 Å². The van der Waals surface area contributed by atoms with Crippen LogP contribution in [0.2, 0.25) is 0 Å². The van der Waals surface area contributed by atoms with Crippen molar-refractivity contribution >= 4 is 17.5 Å². The van der Waals surface area contributed by atoms with Crippen LogP contribution < -0.4 is 5.32 Å². The van der Waals surface area contributed by atoms with Crippen molar-refractivity contribution in [2.24, 2.45) is 0 Å². The van der Waals surface area contributed by atoms with E-state index in [0.717, 1.165) is 0 Å². The van der Waals surface area contributed by atoms with E-state index in [1.165, 1.54) is 6.92 Å². The van der Waals surface area contributed by atoms with Gasteiger partial charge in [0, 0.05) is 13.3 Å². The average Bonchev–Trinajstić information content (AvgIpc) is 2.39. The van der Waals surface area contributed by atoms with Crippen LogP contribution in [0.1, 0.15) is 13.3 Å². The van der Waals surface area contributed by atoms with Crippen LogP contribution in [0.5, 0.6) is 0 Å². The van der Waals surface area contributed by atoms with Gasteiger partial charge < -0.3 is 35.6 Å². The molecule has 0 aromatic heterocycles. The minimum absolute atomic E-state index is 0.264. The van der Waals surface area contributed by atoms with Crippen LogP contribution in [0, 0.1) is 0 Å². The predicted octanol–water partition coefficient (Wildman–Crippen LogP) is -2.72. The summed E-state index contributed by atoms with van der Waals surface area (Å²) in [5.74, 6) is -2.74. The van der Waals surface area contributed by atoms with E-state index in [4.69, 9.17) is 21.4 Å². The Morgan fingerprint density at radius 3 is 2.60 bits per heavy atom. The highest BCUT2D eigenvalue weighted by atomic mass is 35.5. The van der Waals surface area contributed by atoms with E-state index in [1.54, 1.807) is 0 Å². The van der Waals surface area contributed by atoms with Gasteiger partial charge in [-0.15, -0.1) is 11.6 Å². The number of amides is 1. The minimum Gasteiger partial charge on any atom is -0.394 e. The molecule has 1 aliphatic rings. The van der Waals surface area contributed by atoms with Crippen molar-refractivity contribution in [2.45, 2.75) is 49.6 Å². The van der Waals surface area contributed by atoms with E-state index in [1.807, 2.05) is 0 Å². The second kappa shape index (κ2) is 6.99. The fourth-order valence-corrected chi connectivity index (χ4v) is 2.33. The van der Waals surface area contributed by atoms with Crippen LogP contribution in [0.15, 0.2) is 0 Å². The molecule has 0 saturated carbocycles. The number of hydrogen-bond acceptors (Lipinski definition) is 7. The number of aliphatic hydroxyl groups is 5. The highest BCUT2D eigenvalue weighted by molar-refractivity contribution is 6.18. The maximum absolute atomic E-state index is 11.1. The van der Waals surface area contributed by atoms with Crippen LogP contribution in [-0.4, -0.2) is 80.2 Å². The summed E-state index contributed by atoms with van der Waals surface area (Å²) < 4.78 is 5.22. The molecule has 0 aromatic carbocycles. The van der Waals surface area contributed by atoms with Gasteiger partial charge in [0.25, 0.3) is 0 Å². The van der Waals surface area contributed by atoms with E-state index in [2.05, 4.69) is 5.32 Å². The van der Waals surface area contributed by atoms with Crippen molar-refractivity contribution in [2.75, 3.05) is 12.5 Å². The molecule has 0 aromatic rings. The number of halogens is 1. The zero-order valence-electron chi connectivity index (χ0n) is 10.9. The number of nitrogens with one attached hydrogen (secondary N) is 1. The predicted molar refractivity (Wildman–Crippen MR) is 67.9 cm³/mol. The number of hydrogen-bond donors (Lipinski definition) is 6. The average molecular weight is 314 g/mol. The molecule has 6 atom stereocenters. The lowest BCUT2D eigenvalue weighted by Gasteiger charge is -2.45. The Morgan fingerprint density at radius 2 is 2.15 bits per heavy atom. The fourth-order valence-electron chi connectivity index (χ4n) is 2.16. The highest BCUT2D eigenvalue weighted by Crippen LogP contribution is 2.30. The molecule has 0 bridgehead atoms. The summed E-state index contributed by atoms with van der Waals surface area (Å²) in [5.41, 5.74) is 0. The smallest absolute Gasteiger partial charge is 0.217 e. The van der Waals surface area contributed by atoms with Crippen molar-refractivity contribution in [3.05, 3.63) is 0 Å². The molecular formula is C11H20ClNO7. The molecule has 6 N–H and O–H groups in total. The minimum atomic E-state index is -1.89. The Labute approximate surface area is 120 Å². The number of carbonyl (C=O) groups is 1. The van der Waals surface area contributed by atoms with E-state index in [9.17, 15) is 25.2 Å². The maximum Gasteiger partial charge on any atom is 0.217 e. The van der Waals surface area contributed by atoms with Crippen molar-refractivity contribution in [1.29, 1.82) is 0 Å². The number of ether oxygens (including phenoxy) is 1. The van der Waals surface area contributed by atoms with Gasteiger partial charge in [-0.05, 0) is 0 Å². The van der Waals surface area contributed by atoms with Crippen LogP contribution in [-0.2, 0) is 9.53 Å². The third kappa shape index (κ3) is 4.01. The monoisotopic (exact) mass is 313 g/mol. The van der Waals surface area contributed by atoms with E-state index in [-0.39, 0.29) is 12.3 Å². The molecule has 1 fully saturated rings. The van der Waals surface area contributed by atoms with Crippen LogP contribution >= 0.6 is 11.6 Å². The molecule has 1 heterocycles. The molecule has 0 spiro atoms.